The maximum absolute atomic E-state index is 12.9. The van der Waals surface area contributed by atoms with Gasteiger partial charge in [-0.05, 0) is 49.4 Å². The lowest BCUT2D eigenvalue weighted by atomic mass is 9.98. The maximum Gasteiger partial charge on any atom is 0.407 e. The molecule has 0 saturated heterocycles. The molecule has 7 nitrogen and oxygen atoms in total. The van der Waals surface area contributed by atoms with E-state index < -0.39 is 18.1 Å². The van der Waals surface area contributed by atoms with Gasteiger partial charge in [-0.25, -0.2) is 4.79 Å². The summed E-state index contributed by atoms with van der Waals surface area (Å²) in [6.07, 6.45) is -0.951. The number of nitrogens with one attached hydrogen (secondary N) is 1. The third kappa shape index (κ3) is 5.10. The molecule has 0 radical (unpaired) electrons. The molecule has 0 heterocycles. The summed E-state index contributed by atoms with van der Waals surface area (Å²) < 4.78 is 5.53. The van der Waals surface area contributed by atoms with Crippen molar-refractivity contribution < 1.29 is 24.2 Å². The number of amides is 2. The molecule has 170 valence electrons. The topological polar surface area (TPSA) is 95.9 Å². The van der Waals surface area contributed by atoms with E-state index in [1.807, 2.05) is 57.2 Å². The van der Waals surface area contributed by atoms with E-state index in [2.05, 4.69) is 17.4 Å². The Bertz CT molecular complexity index is 942. The molecule has 2 aromatic rings. The smallest absolute Gasteiger partial charge is 0.407 e. The lowest BCUT2D eigenvalue weighted by Gasteiger charge is -2.29. The zero-order valence-corrected chi connectivity index (χ0v) is 18.7. The number of fused-ring (bicyclic) bond motifs is 3. The average molecular weight is 439 g/mol. The van der Waals surface area contributed by atoms with Crippen LogP contribution in [0.3, 0.4) is 0 Å². The van der Waals surface area contributed by atoms with Crippen LogP contribution in [0.15, 0.2) is 48.5 Å². The average Bonchev–Trinajstić information content (AvgIpc) is 3.09. The number of hydrogen-bond donors (Lipinski definition) is 2. The van der Waals surface area contributed by atoms with Crippen LogP contribution in [0.1, 0.15) is 50.7 Å². The fourth-order valence-corrected chi connectivity index (χ4v) is 4.28. The first kappa shape index (κ1) is 23.3. The Morgan fingerprint density at radius 2 is 1.59 bits per heavy atom. The molecule has 2 aromatic carbocycles. The normalized spacial score (nSPS) is 13.2. The first-order valence-corrected chi connectivity index (χ1v) is 11.0. The van der Waals surface area contributed by atoms with Crippen LogP contribution in [-0.4, -0.2) is 53.2 Å². The van der Waals surface area contributed by atoms with E-state index in [1.54, 1.807) is 4.90 Å². The van der Waals surface area contributed by atoms with Crippen LogP contribution in [0.25, 0.3) is 11.1 Å². The summed E-state index contributed by atoms with van der Waals surface area (Å²) in [5.74, 6) is -1.42. The van der Waals surface area contributed by atoms with Gasteiger partial charge >= 0.3 is 12.1 Å². The number of rotatable bonds is 9. The van der Waals surface area contributed by atoms with Gasteiger partial charge in [0.25, 0.3) is 0 Å². The molecule has 1 aliphatic carbocycles. The van der Waals surface area contributed by atoms with Crippen molar-refractivity contribution >= 4 is 18.0 Å². The van der Waals surface area contributed by atoms with Gasteiger partial charge in [-0.15, -0.1) is 0 Å². The predicted molar refractivity (Wildman–Crippen MR) is 121 cm³/mol. The third-order valence-corrected chi connectivity index (χ3v) is 5.83. The van der Waals surface area contributed by atoms with Crippen molar-refractivity contribution in [3.8, 4) is 11.1 Å². The van der Waals surface area contributed by atoms with Gasteiger partial charge in [-0.1, -0.05) is 48.5 Å². The van der Waals surface area contributed by atoms with Gasteiger partial charge in [0.2, 0.25) is 5.91 Å². The Kier molecular flexibility index (Phi) is 7.51. The monoisotopic (exact) mass is 438 g/mol. The molecule has 0 saturated carbocycles. The minimum atomic E-state index is -1.02. The largest absolute Gasteiger partial charge is 0.481 e. The summed E-state index contributed by atoms with van der Waals surface area (Å²) in [6, 6.07) is 15.0. The molecule has 32 heavy (non-hydrogen) atoms. The van der Waals surface area contributed by atoms with Crippen LogP contribution < -0.4 is 5.32 Å². The van der Waals surface area contributed by atoms with E-state index in [1.165, 1.54) is 0 Å². The van der Waals surface area contributed by atoms with Gasteiger partial charge in [-0.3, -0.25) is 9.59 Å². The SMILES string of the molecule is CCN(C(=O)C(CCC(=O)O)NC(=O)OCC1c2ccccc2-c2ccccc21)C(C)C. The molecule has 0 spiro atoms. The van der Waals surface area contributed by atoms with Gasteiger partial charge in [0.1, 0.15) is 12.6 Å². The number of carboxylic acid groups (broad SMARTS) is 1. The van der Waals surface area contributed by atoms with Crippen LogP contribution in [0.4, 0.5) is 4.79 Å². The number of hydrogen-bond acceptors (Lipinski definition) is 4. The van der Waals surface area contributed by atoms with Crippen molar-refractivity contribution in [3.05, 3.63) is 59.7 Å². The highest BCUT2D eigenvalue weighted by Crippen LogP contribution is 2.44. The molecular formula is C25H30N2O5. The summed E-state index contributed by atoms with van der Waals surface area (Å²) in [6.45, 7) is 6.19. The molecule has 0 fully saturated rings. The van der Waals surface area contributed by atoms with Crippen LogP contribution in [0, 0.1) is 0 Å². The fraction of sp³-hybridized carbons (Fsp3) is 0.400. The van der Waals surface area contributed by atoms with Gasteiger partial charge in [0.15, 0.2) is 0 Å². The molecule has 1 aliphatic rings. The number of carboxylic acids is 1. The standard InChI is InChI=1S/C25H30N2O5/c1-4-27(16(2)3)24(30)22(13-14-23(28)29)26-25(31)32-15-21-19-11-7-5-9-17(19)18-10-6-8-12-20(18)21/h5-12,16,21-22H,4,13-15H2,1-3H3,(H,26,31)(H,28,29). The second-order valence-corrected chi connectivity index (χ2v) is 8.17. The quantitative estimate of drug-likeness (QED) is 0.617. The Labute approximate surface area is 188 Å². The Morgan fingerprint density at radius 1 is 1.03 bits per heavy atom. The summed E-state index contributed by atoms with van der Waals surface area (Å²) in [4.78, 5) is 38.2. The van der Waals surface area contributed by atoms with E-state index in [4.69, 9.17) is 9.84 Å². The number of aliphatic carboxylic acids is 1. The molecule has 1 atom stereocenters. The summed E-state index contributed by atoms with van der Waals surface area (Å²) in [7, 11) is 0. The number of likely N-dealkylation sites (N-methyl/N-ethyl adjacent to an activating group) is 1. The van der Waals surface area contributed by atoms with Gasteiger partial charge < -0.3 is 20.1 Å². The lowest BCUT2D eigenvalue weighted by molar-refractivity contribution is -0.138. The van der Waals surface area contributed by atoms with E-state index >= 15 is 0 Å². The Balaban J connectivity index is 1.70. The van der Waals surface area contributed by atoms with Crippen molar-refractivity contribution in [2.45, 2.75) is 51.6 Å². The van der Waals surface area contributed by atoms with Crippen molar-refractivity contribution in [2.75, 3.05) is 13.2 Å². The third-order valence-electron chi connectivity index (χ3n) is 5.83. The number of carbonyl (C=O) groups is 3. The van der Waals surface area contributed by atoms with E-state index in [9.17, 15) is 14.4 Å². The number of carbonyl (C=O) groups excluding carboxylic acids is 2. The molecule has 3 rings (SSSR count). The molecule has 0 aromatic heterocycles. The summed E-state index contributed by atoms with van der Waals surface area (Å²) >= 11 is 0. The van der Waals surface area contributed by atoms with Gasteiger partial charge in [0, 0.05) is 24.9 Å². The predicted octanol–water partition coefficient (Wildman–Crippen LogP) is 4.02. The van der Waals surface area contributed by atoms with Crippen molar-refractivity contribution in [1.29, 1.82) is 0 Å². The van der Waals surface area contributed by atoms with Crippen LogP contribution >= 0.6 is 0 Å². The highest BCUT2D eigenvalue weighted by molar-refractivity contribution is 5.86. The summed E-state index contributed by atoms with van der Waals surface area (Å²) in [5.41, 5.74) is 4.44. The Morgan fingerprint density at radius 3 is 2.09 bits per heavy atom. The second-order valence-electron chi connectivity index (χ2n) is 8.17. The minimum absolute atomic E-state index is 0.00157. The molecule has 2 N–H and O–H groups in total. The summed E-state index contributed by atoms with van der Waals surface area (Å²) in [5, 5.41) is 11.6. The zero-order chi connectivity index (χ0) is 23.3. The fourth-order valence-electron chi connectivity index (χ4n) is 4.28. The number of benzene rings is 2. The first-order chi connectivity index (χ1) is 15.3. The molecular weight excluding hydrogens is 408 g/mol. The Hall–Kier alpha value is -3.35. The number of nitrogens with zero attached hydrogens (tertiary/aromatic N) is 1. The van der Waals surface area contributed by atoms with Crippen molar-refractivity contribution in [1.82, 2.24) is 10.2 Å². The second kappa shape index (κ2) is 10.3. The molecule has 1 unspecified atom stereocenters. The number of alkyl carbamates (subject to hydrolysis) is 1. The van der Waals surface area contributed by atoms with Crippen molar-refractivity contribution in [3.63, 3.8) is 0 Å². The van der Waals surface area contributed by atoms with E-state index in [0.717, 1.165) is 22.3 Å². The van der Waals surface area contributed by atoms with E-state index in [0.29, 0.717) is 6.54 Å². The van der Waals surface area contributed by atoms with E-state index in [-0.39, 0.29) is 37.3 Å². The lowest BCUT2D eigenvalue weighted by Crippen LogP contribution is -2.51. The van der Waals surface area contributed by atoms with Crippen LogP contribution in [0.2, 0.25) is 0 Å². The minimum Gasteiger partial charge on any atom is -0.481 e. The molecule has 2 amide bonds. The highest BCUT2D eigenvalue weighted by atomic mass is 16.5. The van der Waals surface area contributed by atoms with Crippen LogP contribution in [-0.2, 0) is 14.3 Å². The molecule has 0 bridgehead atoms. The van der Waals surface area contributed by atoms with Crippen LogP contribution in [0.5, 0.6) is 0 Å². The number of ether oxygens (including phenoxy) is 1. The van der Waals surface area contributed by atoms with Gasteiger partial charge in [-0.2, -0.15) is 0 Å². The first-order valence-electron chi connectivity index (χ1n) is 11.0. The maximum atomic E-state index is 12.9. The molecule has 0 aliphatic heterocycles. The molecule has 7 heteroatoms. The highest BCUT2D eigenvalue weighted by Gasteiger charge is 2.31. The van der Waals surface area contributed by atoms with Crippen molar-refractivity contribution in [2.24, 2.45) is 0 Å². The van der Waals surface area contributed by atoms with Gasteiger partial charge in [0.05, 0.1) is 0 Å². The zero-order valence-electron chi connectivity index (χ0n) is 18.7.